The molecule has 0 aliphatic rings. The van der Waals surface area contributed by atoms with Gasteiger partial charge < -0.3 is 0 Å². The van der Waals surface area contributed by atoms with Crippen molar-refractivity contribution in [1.29, 1.82) is 0 Å². The van der Waals surface area contributed by atoms with Crippen molar-refractivity contribution in [3.63, 3.8) is 0 Å². The minimum Gasteiger partial charge on any atom is -0.0654 e. The molecule has 1 unspecified atom stereocenters. The van der Waals surface area contributed by atoms with Gasteiger partial charge in [-0.05, 0) is 29.6 Å². The second-order valence-corrected chi connectivity index (χ2v) is 8.21. The van der Waals surface area contributed by atoms with Gasteiger partial charge in [-0.25, -0.2) is 0 Å². The molecule has 0 aromatic carbocycles. The van der Waals surface area contributed by atoms with Crippen molar-refractivity contribution in [2.45, 2.75) is 106 Å². The second-order valence-electron chi connectivity index (χ2n) is 8.21. The summed E-state index contributed by atoms with van der Waals surface area (Å²) in [7, 11) is 0. The first kappa shape index (κ1) is 19.0. The number of rotatable bonds is 10. The Balaban J connectivity index is 4.44. The molecule has 0 spiro atoms. The summed E-state index contributed by atoms with van der Waals surface area (Å²) in [6.07, 6.45) is 12.6. The van der Waals surface area contributed by atoms with Crippen LogP contribution in [0.15, 0.2) is 0 Å². The van der Waals surface area contributed by atoms with Crippen LogP contribution in [0.2, 0.25) is 0 Å². The van der Waals surface area contributed by atoms with Gasteiger partial charge in [0.25, 0.3) is 0 Å². The first-order valence-electron chi connectivity index (χ1n) is 8.75. The van der Waals surface area contributed by atoms with Crippen LogP contribution in [0.1, 0.15) is 106 Å². The van der Waals surface area contributed by atoms with E-state index in [-0.39, 0.29) is 0 Å². The third-order valence-electron chi connectivity index (χ3n) is 4.76. The zero-order chi connectivity index (χ0) is 14.9. The van der Waals surface area contributed by atoms with E-state index < -0.39 is 0 Å². The van der Waals surface area contributed by atoms with Gasteiger partial charge in [0.1, 0.15) is 0 Å². The first-order valence-corrected chi connectivity index (χ1v) is 8.75. The van der Waals surface area contributed by atoms with E-state index in [0.29, 0.717) is 10.8 Å². The number of unbranched alkanes of at least 4 members (excludes halogenated alkanes) is 5. The summed E-state index contributed by atoms with van der Waals surface area (Å²) in [5.74, 6) is 0.855. The minimum absolute atomic E-state index is 0.446. The maximum atomic E-state index is 2.51. The quantitative estimate of drug-likeness (QED) is 0.367. The van der Waals surface area contributed by atoms with Crippen molar-refractivity contribution in [1.82, 2.24) is 0 Å². The Morgan fingerprint density at radius 2 is 1.21 bits per heavy atom. The summed E-state index contributed by atoms with van der Waals surface area (Å²) in [5.41, 5.74) is 0.946. The molecule has 1 atom stereocenters. The van der Waals surface area contributed by atoms with Crippen molar-refractivity contribution in [2.75, 3.05) is 0 Å². The van der Waals surface area contributed by atoms with E-state index >= 15 is 0 Å². The lowest BCUT2D eigenvalue weighted by atomic mass is 9.62. The third kappa shape index (κ3) is 8.00. The fraction of sp³-hybridized carbons (Fsp3) is 1.00. The van der Waals surface area contributed by atoms with E-state index in [0.717, 1.165) is 5.92 Å². The summed E-state index contributed by atoms with van der Waals surface area (Å²) in [5, 5.41) is 0. The van der Waals surface area contributed by atoms with E-state index in [9.17, 15) is 0 Å². The lowest BCUT2D eigenvalue weighted by Crippen LogP contribution is -2.34. The second kappa shape index (κ2) is 9.03. The zero-order valence-electron chi connectivity index (χ0n) is 14.9. The average Bonchev–Trinajstić information content (AvgIpc) is 2.28. The van der Waals surface area contributed by atoms with Gasteiger partial charge in [-0.15, -0.1) is 0 Å². The van der Waals surface area contributed by atoms with Gasteiger partial charge in [0.2, 0.25) is 0 Å². The van der Waals surface area contributed by atoms with Crippen LogP contribution in [-0.2, 0) is 0 Å². The fourth-order valence-electron chi connectivity index (χ4n) is 3.78. The Kier molecular flexibility index (Phi) is 9.03. The highest BCUT2D eigenvalue weighted by molar-refractivity contribution is 4.86. The monoisotopic (exact) mass is 268 g/mol. The molecule has 0 heterocycles. The summed E-state index contributed by atoms with van der Waals surface area (Å²) >= 11 is 0. The van der Waals surface area contributed by atoms with E-state index in [1.807, 2.05) is 0 Å². The molecule has 0 fully saturated rings. The predicted molar refractivity (Wildman–Crippen MR) is 89.6 cm³/mol. The highest BCUT2D eigenvalue weighted by atomic mass is 14.4. The van der Waals surface area contributed by atoms with Crippen molar-refractivity contribution in [2.24, 2.45) is 16.7 Å². The van der Waals surface area contributed by atoms with Crippen molar-refractivity contribution in [3.05, 3.63) is 0 Å². The lowest BCUT2D eigenvalue weighted by molar-refractivity contribution is 0.0649. The predicted octanol–water partition coefficient (Wildman–Crippen LogP) is 7.23. The molecule has 0 rings (SSSR count). The summed E-state index contributed by atoms with van der Waals surface area (Å²) in [4.78, 5) is 0. The maximum absolute atomic E-state index is 2.51. The van der Waals surface area contributed by atoms with E-state index in [2.05, 4.69) is 48.5 Å². The topological polar surface area (TPSA) is 0 Å². The van der Waals surface area contributed by atoms with Crippen LogP contribution in [0.3, 0.4) is 0 Å². The molecule has 0 nitrogen and oxygen atoms in total. The molecule has 0 amide bonds. The zero-order valence-corrected chi connectivity index (χ0v) is 14.9. The Morgan fingerprint density at radius 1 is 0.684 bits per heavy atom. The Bertz CT molecular complexity index is 207. The Labute approximate surface area is 123 Å². The highest BCUT2D eigenvalue weighted by Gasteiger charge is 2.36. The largest absolute Gasteiger partial charge is 0.0654 e. The van der Waals surface area contributed by atoms with Gasteiger partial charge in [-0.2, -0.15) is 0 Å². The van der Waals surface area contributed by atoms with E-state index in [1.54, 1.807) is 0 Å². The van der Waals surface area contributed by atoms with Crippen molar-refractivity contribution >= 4 is 0 Å². The molecule has 0 aliphatic heterocycles. The first-order chi connectivity index (χ1) is 8.75. The normalized spacial score (nSPS) is 14.7. The van der Waals surface area contributed by atoms with Gasteiger partial charge in [-0.3, -0.25) is 0 Å². The molecule has 19 heavy (non-hydrogen) atoms. The van der Waals surface area contributed by atoms with Crippen LogP contribution in [0.25, 0.3) is 0 Å². The number of hydrogen-bond donors (Lipinski definition) is 0. The van der Waals surface area contributed by atoms with E-state index in [4.69, 9.17) is 0 Å². The van der Waals surface area contributed by atoms with Gasteiger partial charge in [0.05, 0.1) is 0 Å². The van der Waals surface area contributed by atoms with Crippen molar-refractivity contribution in [3.8, 4) is 0 Å². The summed E-state index contributed by atoms with van der Waals surface area (Å²) in [6.45, 7) is 17.0. The van der Waals surface area contributed by atoms with Gasteiger partial charge >= 0.3 is 0 Å². The maximum Gasteiger partial charge on any atom is -0.0314 e. The van der Waals surface area contributed by atoms with Crippen LogP contribution in [0.5, 0.6) is 0 Å². The molecule has 116 valence electrons. The third-order valence-corrected chi connectivity index (χ3v) is 4.76. The van der Waals surface area contributed by atoms with Gasteiger partial charge in [0, 0.05) is 0 Å². The van der Waals surface area contributed by atoms with E-state index in [1.165, 1.54) is 57.8 Å². The van der Waals surface area contributed by atoms with Gasteiger partial charge in [0.15, 0.2) is 0 Å². The molecule has 0 aliphatic carbocycles. The minimum atomic E-state index is 0.446. The van der Waals surface area contributed by atoms with Crippen LogP contribution in [-0.4, -0.2) is 0 Å². The molecule has 0 heteroatoms. The lowest BCUT2D eigenvalue weighted by Gasteiger charge is -2.43. The smallest absolute Gasteiger partial charge is 0.0314 e. The molecule has 0 radical (unpaired) electrons. The number of hydrogen-bond acceptors (Lipinski definition) is 0. The Morgan fingerprint density at radius 3 is 1.68 bits per heavy atom. The Hall–Kier alpha value is 0. The van der Waals surface area contributed by atoms with Crippen LogP contribution in [0, 0.1) is 16.7 Å². The van der Waals surface area contributed by atoms with Crippen LogP contribution < -0.4 is 0 Å². The molecular weight excluding hydrogens is 228 g/mol. The molecule has 0 bridgehead atoms. The fourth-order valence-corrected chi connectivity index (χ4v) is 3.78. The average molecular weight is 269 g/mol. The SMILES string of the molecule is CCCCCCC(C)(C)C(CCCCC)C(C)(C)C. The highest BCUT2D eigenvalue weighted by Crippen LogP contribution is 2.46. The summed E-state index contributed by atoms with van der Waals surface area (Å²) < 4.78 is 0. The molecule has 0 aromatic heterocycles. The molecular formula is C19H40. The molecule has 0 aromatic rings. The molecule has 0 saturated heterocycles. The van der Waals surface area contributed by atoms with Crippen LogP contribution in [0.4, 0.5) is 0 Å². The van der Waals surface area contributed by atoms with Crippen molar-refractivity contribution < 1.29 is 0 Å². The molecule has 0 N–H and O–H groups in total. The standard InChI is InChI=1S/C19H40/c1-8-10-12-14-16-19(6,7)17(18(3,4)5)15-13-11-9-2/h17H,8-16H2,1-7H3. The molecule has 0 saturated carbocycles. The van der Waals surface area contributed by atoms with Gasteiger partial charge in [-0.1, -0.05) is 93.4 Å². The van der Waals surface area contributed by atoms with Crippen LogP contribution >= 0.6 is 0 Å². The summed E-state index contributed by atoms with van der Waals surface area (Å²) in [6, 6.07) is 0.